The monoisotopic (exact) mass is 465 g/mol. The highest BCUT2D eigenvalue weighted by atomic mass is 19.1. The van der Waals surface area contributed by atoms with Gasteiger partial charge in [0.05, 0.1) is 5.69 Å². The van der Waals surface area contributed by atoms with Gasteiger partial charge in [0.25, 0.3) is 5.91 Å². The molecule has 1 amide bonds. The maximum Gasteiger partial charge on any atom is 0.269 e. The average Bonchev–Trinajstić information content (AvgIpc) is 3.75. The molecule has 8 nitrogen and oxygen atoms in total. The second-order valence-electron chi connectivity index (χ2n) is 9.61. The average molecular weight is 466 g/mol. The molecular weight excluding hydrogens is 433 g/mol. The molecule has 2 aliphatic carbocycles. The quantitative estimate of drug-likeness (QED) is 0.419. The third kappa shape index (κ3) is 4.56. The number of hydrogen-bond acceptors (Lipinski definition) is 5. The van der Waals surface area contributed by atoms with Gasteiger partial charge < -0.3 is 10.6 Å². The SMILES string of the molecule is CCn1nccc1C(=O)N[C@H](CNc1ncc(-c2c(C)n[nH]c2C)cc1F)C(C1CC1)C1CC1. The maximum absolute atomic E-state index is 15.0. The summed E-state index contributed by atoms with van der Waals surface area (Å²) >= 11 is 0. The molecule has 0 aliphatic heterocycles. The van der Waals surface area contributed by atoms with Crippen LogP contribution in [0.3, 0.4) is 0 Å². The molecule has 180 valence electrons. The molecule has 5 rings (SSSR count). The highest BCUT2D eigenvalue weighted by molar-refractivity contribution is 5.92. The van der Waals surface area contributed by atoms with Crippen molar-refractivity contribution in [1.82, 2.24) is 30.3 Å². The van der Waals surface area contributed by atoms with Gasteiger partial charge >= 0.3 is 0 Å². The van der Waals surface area contributed by atoms with Crippen LogP contribution in [-0.4, -0.2) is 43.5 Å². The van der Waals surface area contributed by atoms with E-state index in [1.54, 1.807) is 23.1 Å². The number of amides is 1. The van der Waals surface area contributed by atoms with E-state index in [2.05, 4.69) is 30.9 Å². The molecule has 0 bridgehead atoms. The van der Waals surface area contributed by atoms with Crippen LogP contribution in [0.15, 0.2) is 24.5 Å². The Hall–Kier alpha value is -3.23. The molecule has 0 aromatic carbocycles. The van der Waals surface area contributed by atoms with Gasteiger partial charge in [0.15, 0.2) is 11.6 Å². The number of nitrogens with zero attached hydrogens (tertiary/aromatic N) is 4. The summed E-state index contributed by atoms with van der Waals surface area (Å²) in [7, 11) is 0. The highest BCUT2D eigenvalue weighted by Crippen LogP contribution is 2.50. The van der Waals surface area contributed by atoms with Crippen LogP contribution in [-0.2, 0) is 6.54 Å². The van der Waals surface area contributed by atoms with Gasteiger partial charge in [0.1, 0.15) is 5.69 Å². The van der Waals surface area contributed by atoms with Crippen molar-refractivity contribution in [3.8, 4) is 11.1 Å². The van der Waals surface area contributed by atoms with Crippen LogP contribution in [0.25, 0.3) is 11.1 Å². The molecule has 0 spiro atoms. The smallest absolute Gasteiger partial charge is 0.269 e. The van der Waals surface area contributed by atoms with E-state index >= 15 is 4.39 Å². The Labute approximate surface area is 198 Å². The van der Waals surface area contributed by atoms with Crippen LogP contribution in [0, 0.1) is 37.4 Å². The van der Waals surface area contributed by atoms with Crippen LogP contribution in [0.2, 0.25) is 0 Å². The van der Waals surface area contributed by atoms with Gasteiger partial charge in [-0.3, -0.25) is 14.6 Å². The Morgan fingerprint density at radius 2 is 2.00 bits per heavy atom. The molecule has 3 aromatic rings. The van der Waals surface area contributed by atoms with Gasteiger partial charge in [-0.25, -0.2) is 9.37 Å². The normalized spacial score (nSPS) is 16.6. The van der Waals surface area contributed by atoms with Crippen molar-refractivity contribution in [2.45, 2.75) is 59.0 Å². The molecule has 0 radical (unpaired) electrons. The molecule has 9 heteroatoms. The van der Waals surface area contributed by atoms with Gasteiger partial charge in [-0.15, -0.1) is 0 Å². The number of hydrogen-bond donors (Lipinski definition) is 3. The summed E-state index contributed by atoms with van der Waals surface area (Å²) in [5.41, 5.74) is 3.81. The van der Waals surface area contributed by atoms with E-state index in [9.17, 15) is 4.79 Å². The third-order valence-electron chi connectivity index (χ3n) is 7.11. The lowest BCUT2D eigenvalue weighted by atomic mass is 9.89. The van der Waals surface area contributed by atoms with Crippen molar-refractivity contribution in [2.24, 2.45) is 17.8 Å². The van der Waals surface area contributed by atoms with Gasteiger partial charge in [0, 0.05) is 48.3 Å². The number of anilines is 1. The number of pyridine rings is 1. The van der Waals surface area contributed by atoms with Crippen LogP contribution in [0.5, 0.6) is 0 Å². The third-order valence-corrected chi connectivity index (χ3v) is 7.11. The number of carbonyl (C=O) groups excluding carboxylic acids is 1. The second-order valence-corrected chi connectivity index (χ2v) is 9.61. The minimum Gasteiger partial charge on any atom is -0.366 e. The van der Waals surface area contributed by atoms with E-state index in [1.807, 2.05) is 20.8 Å². The summed E-state index contributed by atoms with van der Waals surface area (Å²) < 4.78 is 16.7. The van der Waals surface area contributed by atoms with Crippen molar-refractivity contribution in [3.05, 3.63) is 47.4 Å². The first-order valence-corrected chi connectivity index (χ1v) is 12.2. The van der Waals surface area contributed by atoms with Crippen molar-refractivity contribution < 1.29 is 9.18 Å². The zero-order chi connectivity index (χ0) is 23.8. The Morgan fingerprint density at radius 3 is 2.59 bits per heavy atom. The predicted molar refractivity (Wildman–Crippen MR) is 128 cm³/mol. The second kappa shape index (κ2) is 9.19. The number of aromatic nitrogens is 5. The van der Waals surface area contributed by atoms with E-state index in [4.69, 9.17) is 0 Å². The summed E-state index contributed by atoms with van der Waals surface area (Å²) in [6, 6.07) is 3.13. The van der Waals surface area contributed by atoms with Crippen molar-refractivity contribution >= 4 is 11.7 Å². The number of rotatable bonds is 10. The zero-order valence-corrected chi connectivity index (χ0v) is 19.9. The summed E-state index contributed by atoms with van der Waals surface area (Å²) in [4.78, 5) is 17.5. The Morgan fingerprint density at radius 1 is 1.26 bits per heavy atom. The molecule has 3 aromatic heterocycles. The fourth-order valence-electron chi connectivity index (χ4n) is 5.20. The lowest BCUT2D eigenvalue weighted by Gasteiger charge is -2.29. The van der Waals surface area contributed by atoms with Crippen LogP contribution in [0.1, 0.15) is 54.5 Å². The minimum absolute atomic E-state index is 0.105. The maximum atomic E-state index is 15.0. The van der Waals surface area contributed by atoms with Crippen molar-refractivity contribution in [2.75, 3.05) is 11.9 Å². The number of carbonyl (C=O) groups is 1. The number of aryl methyl sites for hydroxylation is 3. The van der Waals surface area contributed by atoms with E-state index < -0.39 is 5.82 Å². The van der Waals surface area contributed by atoms with E-state index in [1.165, 1.54) is 31.7 Å². The molecule has 0 saturated heterocycles. The van der Waals surface area contributed by atoms with Crippen LogP contribution < -0.4 is 10.6 Å². The highest BCUT2D eigenvalue weighted by Gasteiger charge is 2.46. The molecule has 3 N–H and O–H groups in total. The van der Waals surface area contributed by atoms with Gasteiger partial charge in [-0.05, 0) is 76.3 Å². The molecule has 34 heavy (non-hydrogen) atoms. The molecule has 2 saturated carbocycles. The summed E-state index contributed by atoms with van der Waals surface area (Å²) in [5.74, 6) is 1.30. The zero-order valence-electron chi connectivity index (χ0n) is 19.9. The van der Waals surface area contributed by atoms with Crippen molar-refractivity contribution in [1.29, 1.82) is 0 Å². The lowest BCUT2D eigenvalue weighted by Crippen LogP contribution is -2.47. The van der Waals surface area contributed by atoms with E-state index in [-0.39, 0.29) is 17.8 Å². The number of nitrogens with one attached hydrogen (secondary N) is 3. The van der Waals surface area contributed by atoms with Crippen LogP contribution >= 0.6 is 0 Å². The topological polar surface area (TPSA) is 101 Å². The Kier molecular flexibility index (Phi) is 6.10. The first-order valence-electron chi connectivity index (χ1n) is 12.2. The minimum atomic E-state index is -0.416. The molecule has 2 fully saturated rings. The number of halogens is 1. The first-order chi connectivity index (χ1) is 16.5. The lowest BCUT2D eigenvalue weighted by molar-refractivity contribution is 0.0905. The van der Waals surface area contributed by atoms with E-state index in [0.29, 0.717) is 42.1 Å². The molecular formula is C25H32FN7O. The van der Waals surface area contributed by atoms with Gasteiger partial charge in [-0.1, -0.05) is 0 Å². The molecule has 3 heterocycles. The van der Waals surface area contributed by atoms with Gasteiger partial charge in [0.2, 0.25) is 0 Å². The van der Waals surface area contributed by atoms with Crippen LogP contribution in [0.4, 0.5) is 10.2 Å². The summed E-state index contributed by atoms with van der Waals surface area (Å²) in [6.07, 6.45) is 8.12. The van der Waals surface area contributed by atoms with Gasteiger partial charge in [-0.2, -0.15) is 10.2 Å². The first kappa shape index (κ1) is 22.6. The fraction of sp³-hybridized carbons (Fsp3) is 0.520. The van der Waals surface area contributed by atoms with Crippen molar-refractivity contribution in [3.63, 3.8) is 0 Å². The largest absolute Gasteiger partial charge is 0.366 e. The standard InChI is InChI=1S/C25H32FN7O/c1-4-33-21(9-10-29-33)25(34)30-20(23(16-5-6-16)17-7-8-17)13-28-24-19(26)11-18(12-27-24)22-14(2)31-32-15(22)3/h9-12,16-17,20,23H,4-8,13H2,1-3H3,(H,27,28)(H,30,34)(H,31,32)/t20-/m1/s1. The Balaban J connectivity index is 1.34. The fourth-order valence-corrected chi connectivity index (χ4v) is 5.20. The predicted octanol–water partition coefficient (Wildman–Crippen LogP) is 4.09. The Bertz CT molecular complexity index is 1150. The summed E-state index contributed by atoms with van der Waals surface area (Å²) in [5, 5.41) is 17.8. The number of aromatic amines is 1. The number of H-pyrrole nitrogens is 1. The molecule has 2 aliphatic rings. The van der Waals surface area contributed by atoms with E-state index in [0.717, 1.165) is 17.0 Å². The summed E-state index contributed by atoms with van der Waals surface area (Å²) in [6.45, 7) is 6.81. The molecule has 1 atom stereocenters. The molecule has 0 unspecified atom stereocenters.